The summed E-state index contributed by atoms with van der Waals surface area (Å²) in [5.41, 5.74) is 2.77. The molecule has 0 aliphatic heterocycles. The quantitative estimate of drug-likeness (QED) is 0.674. The molecule has 0 saturated heterocycles. The Morgan fingerprint density at radius 1 is 1.18 bits per heavy atom. The van der Waals surface area contributed by atoms with Crippen LogP contribution < -0.4 is 0 Å². The van der Waals surface area contributed by atoms with Crippen LogP contribution >= 0.6 is 15.9 Å². The van der Waals surface area contributed by atoms with E-state index in [0.29, 0.717) is 5.33 Å². The summed E-state index contributed by atoms with van der Waals surface area (Å²) in [5.74, 6) is 0.813. The molecule has 4 heteroatoms. The number of benzene rings is 1. The van der Waals surface area contributed by atoms with Gasteiger partial charge in [-0.25, -0.2) is 0 Å². The van der Waals surface area contributed by atoms with Crippen LogP contribution in [0.1, 0.15) is 5.76 Å². The van der Waals surface area contributed by atoms with Gasteiger partial charge in [0, 0.05) is 23.2 Å². The maximum Gasteiger partial charge on any atom is 0.147 e. The molecule has 2 aromatic heterocycles. The molecule has 0 N–H and O–H groups in total. The van der Waals surface area contributed by atoms with Crippen molar-refractivity contribution in [3.05, 3.63) is 48.4 Å². The molecule has 1 aromatic carbocycles. The Balaban J connectivity index is 2.23. The fourth-order valence-corrected chi connectivity index (χ4v) is 2.08. The van der Waals surface area contributed by atoms with Crippen molar-refractivity contribution in [2.24, 2.45) is 0 Å². The second kappa shape index (κ2) is 4.30. The standard InChI is InChI=1S/C13H9BrN2O/c14-8-10-7-12(16-17-10)11-5-1-3-9-4-2-6-15-13(9)11/h1-7H,8H2. The van der Waals surface area contributed by atoms with E-state index >= 15 is 0 Å². The molecule has 3 aromatic rings. The molecular weight excluding hydrogens is 280 g/mol. The van der Waals surface area contributed by atoms with Crippen molar-refractivity contribution in [1.29, 1.82) is 0 Å². The Labute approximate surface area is 107 Å². The zero-order chi connectivity index (χ0) is 11.7. The molecule has 0 fully saturated rings. The number of rotatable bonds is 2. The highest BCUT2D eigenvalue weighted by Gasteiger charge is 2.09. The van der Waals surface area contributed by atoms with Crippen molar-refractivity contribution in [3.63, 3.8) is 0 Å². The van der Waals surface area contributed by atoms with Crippen molar-refractivity contribution >= 4 is 26.8 Å². The Bertz CT molecular complexity index is 658. The van der Waals surface area contributed by atoms with Crippen molar-refractivity contribution in [3.8, 4) is 11.3 Å². The molecule has 0 bridgehead atoms. The predicted molar refractivity (Wildman–Crippen MR) is 69.9 cm³/mol. The molecule has 0 spiro atoms. The minimum Gasteiger partial charge on any atom is -0.360 e. The second-order valence-electron chi connectivity index (χ2n) is 3.69. The molecule has 2 heterocycles. The number of hydrogen-bond acceptors (Lipinski definition) is 3. The number of hydrogen-bond donors (Lipinski definition) is 0. The van der Waals surface area contributed by atoms with E-state index in [2.05, 4.69) is 26.1 Å². The summed E-state index contributed by atoms with van der Waals surface area (Å²) < 4.78 is 5.19. The molecule has 0 amide bonds. The maximum absolute atomic E-state index is 5.19. The number of halogens is 1. The first-order chi connectivity index (χ1) is 8.38. The van der Waals surface area contributed by atoms with Gasteiger partial charge in [0.2, 0.25) is 0 Å². The van der Waals surface area contributed by atoms with E-state index < -0.39 is 0 Å². The van der Waals surface area contributed by atoms with Crippen LogP contribution in [0.4, 0.5) is 0 Å². The molecule has 0 atom stereocenters. The topological polar surface area (TPSA) is 38.9 Å². The number of alkyl halides is 1. The fraction of sp³-hybridized carbons (Fsp3) is 0.0769. The summed E-state index contributed by atoms with van der Waals surface area (Å²) in [7, 11) is 0. The summed E-state index contributed by atoms with van der Waals surface area (Å²) in [4.78, 5) is 4.40. The van der Waals surface area contributed by atoms with E-state index in [-0.39, 0.29) is 0 Å². The first-order valence-electron chi connectivity index (χ1n) is 5.24. The summed E-state index contributed by atoms with van der Waals surface area (Å²) in [6, 6.07) is 11.9. The molecule has 84 valence electrons. The van der Waals surface area contributed by atoms with Gasteiger partial charge >= 0.3 is 0 Å². The number of pyridine rings is 1. The van der Waals surface area contributed by atoms with E-state index in [1.807, 2.05) is 36.4 Å². The smallest absolute Gasteiger partial charge is 0.147 e. The van der Waals surface area contributed by atoms with Gasteiger partial charge in [-0.3, -0.25) is 4.98 Å². The number of fused-ring (bicyclic) bond motifs is 1. The van der Waals surface area contributed by atoms with E-state index in [1.54, 1.807) is 6.20 Å². The SMILES string of the molecule is BrCc1cc(-c2cccc3cccnc23)no1. The lowest BCUT2D eigenvalue weighted by Crippen LogP contribution is -1.83. The van der Waals surface area contributed by atoms with E-state index in [0.717, 1.165) is 27.9 Å². The largest absolute Gasteiger partial charge is 0.360 e. The summed E-state index contributed by atoms with van der Waals surface area (Å²) in [6.07, 6.45) is 1.79. The summed E-state index contributed by atoms with van der Waals surface area (Å²) in [5, 5.41) is 5.83. The first kappa shape index (κ1) is 10.5. The van der Waals surface area contributed by atoms with Crippen LogP contribution in [0.3, 0.4) is 0 Å². The summed E-state index contributed by atoms with van der Waals surface area (Å²) >= 11 is 3.34. The van der Waals surface area contributed by atoms with Crippen LogP contribution in [0, 0.1) is 0 Å². The zero-order valence-corrected chi connectivity index (χ0v) is 10.5. The molecule has 3 nitrogen and oxygen atoms in total. The molecule has 0 saturated carbocycles. The van der Waals surface area contributed by atoms with Gasteiger partial charge in [-0.2, -0.15) is 0 Å². The molecule has 3 rings (SSSR count). The van der Waals surface area contributed by atoms with Crippen LogP contribution in [0.15, 0.2) is 47.1 Å². The van der Waals surface area contributed by atoms with Crippen molar-refractivity contribution in [1.82, 2.24) is 10.1 Å². The minimum absolute atomic E-state index is 0.665. The van der Waals surface area contributed by atoms with Gasteiger partial charge in [0.15, 0.2) is 0 Å². The van der Waals surface area contributed by atoms with Gasteiger partial charge in [-0.15, -0.1) is 0 Å². The van der Waals surface area contributed by atoms with Crippen molar-refractivity contribution in [2.45, 2.75) is 5.33 Å². The van der Waals surface area contributed by atoms with Gasteiger partial charge in [0.1, 0.15) is 11.5 Å². The fourth-order valence-electron chi connectivity index (χ4n) is 1.81. The Hall–Kier alpha value is -1.68. The van der Waals surface area contributed by atoms with Crippen LogP contribution in [0.5, 0.6) is 0 Å². The Morgan fingerprint density at radius 3 is 2.88 bits per heavy atom. The summed E-state index contributed by atoms with van der Waals surface area (Å²) in [6.45, 7) is 0. The van der Waals surface area contributed by atoms with Gasteiger partial charge in [-0.05, 0) is 6.07 Å². The average Bonchev–Trinajstić information content (AvgIpc) is 2.87. The van der Waals surface area contributed by atoms with Gasteiger partial charge in [0.05, 0.1) is 10.8 Å². The maximum atomic E-state index is 5.19. The lowest BCUT2D eigenvalue weighted by atomic mass is 10.1. The monoisotopic (exact) mass is 288 g/mol. The van der Waals surface area contributed by atoms with Gasteiger partial charge < -0.3 is 4.52 Å². The lowest BCUT2D eigenvalue weighted by Gasteiger charge is -2.01. The van der Waals surface area contributed by atoms with E-state index in [9.17, 15) is 0 Å². The number of aromatic nitrogens is 2. The molecule has 0 radical (unpaired) electrons. The second-order valence-corrected chi connectivity index (χ2v) is 4.25. The highest BCUT2D eigenvalue weighted by Crippen LogP contribution is 2.26. The molecule has 0 aliphatic carbocycles. The highest BCUT2D eigenvalue weighted by atomic mass is 79.9. The van der Waals surface area contributed by atoms with Crippen molar-refractivity contribution < 1.29 is 4.52 Å². The Morgan fingerprint density at radius 2 is 2.06 bits per heavy atom. The normalized spacial score (nSPS) is 10.9. The third-order valence-corrected chi connectivity index (χ3v) is 3.15. The average molecular weight is 289 g/mol. The van der Waals surface area contributed by atoms with Crippen LogP contribution in [-0.2, 0) is 5.33 Å². The number of para-hydroxylation sites is 1. The van der Waals surface area contributed by atoms with Gasteiger partial charge in [0.25, 0.3) is 0 Å². The first-order valence-corrected chi connectivity index (χ1v) is 6.36. The molecular formula is C13H9BrN2O. The molecule has 17 heavy (non-hydrogen) atoms. The predicted octanol–water partition coefficient (Wildman–Crippen LogP) is 3.78. The van der Waals surface area contributed by atoms with Gasteiger partial charge in [-0.1, -0.05) is 45.4 Å². The zero-order valence-electron chi connectivity index (χ0n) is 8.93. The highest BCUT2D eigenvalue weighted by molar-refractivity contribution is 9.08. The van der Waals surface area contributed by atoms with E-state index in [1.165, 1.54) is 0 Å². The van der Waals surface area contributed by atoms with Crippen LogP contribution in [0.25, 0.3) is 22.2 Å². The van der Waals surface area contributed by atoms with Crippen molar-refractivity contribution in [2.75, 3.05) is 0 Å². The third-order valence-electron chi connectivity index (χ3n) is 2.60. The third kappa shape index (κ3) is 1.85. The molecule has 0 unspecified atom stereocenters. The Kier molecular flexibility index (Phi) is 2.65. The molecule has 0 aliphatic rings. The minimum atomic E-state index is 0.665. The lowest BCUT2D eigenvalue weighted by molar-refractivity contribution is 0.398. The van der Waals surface area contributed by atoms with Crippen LogP contribution in [-0.4, -0.2) is 10.1 Å². The number of nitrogens with zero attached hydrogens (tertiary/aromatic N) is 2. The van der Waals surface area contributed by atoms with E-state index in [4.69, 9.17) is 4.52 Å². The van der Waals surface area contributed by atoms with Crippen LogP contribution in [0.2, 0.25) is 0 Å².